The molecule has 0 fully saturated rings. The molecule has 15 heavy (non-hydrogen) atoms. The number of alkyl halides is 1. The Morgan fingerprint density at radius 1 is 1.47 bits per heavy atom. The number of halogens is 1. The van der Waals surface area contributed by atoms with Crippen molar-refractivity contribution in [3.63, 3.8) is 0 Å². The molecule has 80 valence electrons. The molecule has 0 atom stereocenters. The van der Waals surface area contributed by atoms with Crippen LogP contribution in [0.1, 0.15) is 5.01 Å². The monoisotopic (exact) mass is 226 g/mol. The maximum Gasteiger partial charge on any atom is 0.235 e. The first-order valence-corrected chi connectivity index (χ1v) is 5.61. The van der Waals surface area contributed by atoms with Crippen LogP contribution in [-0.2, 0) is 6.54 Å². The Kier molecular flexibility index (Phi) is 2.86. The number of nitrogens with zero attached hydrogens (tertiary/aromatic N) is 1. The smallest absolute Gasteiger partial charge is 0.235 e. The third kappa shape index (κ3) is 1.81. The van der Waals surface area contributed by atoms with Crippen molar-refractivity contribution in [2.24, 2.45) is 0 Å². The van der Waals surface area contributed by atoms with Crippen molar-refractivity contribution in [3.05, 3.63) is 23.2 Å². The maximum atomic E-state index is 12.4. The van der Waals surface area contributed by atoms with Crippen molar-refractivity contribution in [3.8, 4) is 5.75 Å². The Hall–Kier alpha value is -1.16. The number of ether oxygens (including phenoxy) is 1. The molecule has 0 amide bonds. The fourth-order valence-corrected chi connectivity index (χ4v) is 2.70. The molecular formula is C11H13FNOS+. The van der Waals surface area contributed by atoms with Crippen molar-refractivity contribution >= 4 is 21.6 Å². The number of hydrogen-bond acceptors (Lipinski definition) is 2. The first-order chi connectivity index (χ1) is 7.26. The van der Waals surface area contributed by atoms with E-state index in [1.807, 2.05) is 29.7 Å². The molecule has 0 saturated carbocycles. The molecule has 0 N–H and O–H groups in total. The molecule has 2 aromatic rings. The summed E-state index contributed by atoms with van der Waals surface area (Å²) in [7, 11) is 1.64. The zero-order valence-corrected chi connectivity index (χ0v) is 9.60. The lowest BCUT2D eigenvalue weighted by molar-refractivity contribution is -0.672. The van der Waals surface area contributed by atoms with Gasteiger partial charge in [0, 0.05) is 6.92 Å². The summed E-state index contributed by atoms with van der Waals surface area (Å²) in [5.74, 6) is 0.813. The lowest BCUT2D eigenvalue weighted by Gasteiger charge is -1.97. The Morgan fingerprint density at radius 3 is 2.93 bits per heavy atom. The van der Waals surface area contributed by atoms with Crippen LogP contribution in [-0.4, -0.2) is 13.8 Å². The Morgan fingerprint density at radius 2 is 2.27 bits per heavy atom. The molecule has 2 rings (SSSR count). The van der Waals surface area contributed by atoms with E-state index in [-0.39, 0.29) is 6.67 Å². The van der Waals surface area contributed by atoms with Gasteiger partial charge in [0.2, 0.25) is 10.5 Å². The predicted molar refractivity (Wildman–Crippen MR) is 59.3 cm³/mol. The minimum atomic E-state index is -0.339. The van der Waals surface area contributed by atoms with Gasteiger partial charge in [-0.15, -0.1) is 0 Å². The quantitative estimate of drug-likeness (QED) is 0.733. The number of benzene rings is 1. The molecule has 0 bridgehead atoms. The van der Waals surface area contributed by atoms with Crippen LogP contribution >= 0.6 is 11.3 Å². The van der Waals surface area contributed by atoms with E-state index in [4.69, 9.17) is 4.74 Å². The minimum absolute atomic E-state index is 0.339. The highest BCUT2D eigenvalue weighted by atomic mass is 32.1. The van der Waals surface area contributed by atoms with E-state index in [9.17, 15) is 4.39 Å². The van der Waals surface area contributed by atoms with Gasteiger partial charge in [-0.1, -0.05) is 11.3 Å². The van der Waals surface area contributed by atoms with E-state index in [0.717, 1.165) is 16.3 Å². The van der Waals surface area contributed by atoms with Crippen LogP contribution in [0.3, 0.4) is 0 Å². The molecule has 4 heteroatoms. The van der Waals surface area contributed by atoms with Gasteiger partial charge in [-0.2, -0.15) is 4.57 Å². The van der Waals surface area contributed by atoms with E-state index < -0.39 is 0 Å². The Labute approximate surface area is 91.9 Å². The summed E-state index contributed by atoms with van der Waals surface area (Å²) in [6.45, 7) is 2.08. The van der Waals surface area contributed by atoms with Gasteiger partial charge in [0.1, 0.15) is 17.1 Å². The largest absolute Gasteiger partial charge is 0.497 e. The van der Waals surface area contributed by atoms with Crippen molar-refractivity contribution in [2.45, 2.75) is 13.5 Å². The first-order valence-electron chi connectivity index (χ1n) is 4.79. The van der Waals surface area contributed by atoms with Crippen molar-refractivity contribution < 1.29 is 13.7 Å². The molecule has 2 nitrogen and oxygen atoms in total. The third-order valence-electron chi connectivity index (χ3n) is 2.40. The average Bonchev–Trinajstić information content (AvgIpc) is 2.55. The van der Waals surface area contributed by atoms with E-state index in [0.29, 0.717) is 6.54 Å². The molecule has 1 aromatic carbocycles. The fourth-order valence-electron chi connectivity index (χ4n) is 1.67. The van der Waals surface area contributed by atoms with Gasteiger partial charge in [-0.25, -0.2) is 4.39 Å². The Balaban J connectivity index is 2.61. The molecule has 0 saturated heterocycles. The summed E-state index contributed by atoms with van der Waals surface area (Å²) in [4.78, 5) is 0. The molecule has 0 unspecified atom stereocenters. The molecule has 1 heterocycles. The standard InChI is InChI=1S/C11H13FNOS/c1-8-13(6-5-12)10-7-9(14-2)3-4-11(10)15-8/h3-4,7H,5-6H2,1-2H3/q+1. The van der Waals surface area contributed by atoms with Crippen molar-refractivity contribution in [1.82, 2.24) is 0 Å². The topological polar surface area (TPSA) is 13.1 Å². The predicted octanol–water partition coefficient (Wildman–Crippen LogP) is 2.48. The van der Waals surface area contributed by atoms with E-state index in [1.54, 1.807) is 18.4 Å². The van der Waals surface area contributed by atoms with Gasteiger partial charge >= 0.3 is 0 Å². The first kappa shape index (κ1) is 10.4. The van der Waals surface area contributed by atoms with Crippen LogP contribution in [0.5, 0.6) is 5.75 Å². The normalized spacial score (nSPS) is 10.9. The molecular weight excluding hydrogens is 213 g/mol. The minimum Gasteiger partial charge on any atom is -0.497 e. The fraction of sp³-hybridized carbons (Fsp3) is 0.364. The maximum absolute atomic E-state index is 12.4. The van der Waals surface area contributed by atoms with Gasteiger partial charge < -0.3 is 4.74 Å². The van der Waals surface area contributed by atoms with Gasteiger partial charge in [0.05, 0.1) is 13.2 Å². The number of aryl methyl sites for hydroxylation is 2. The van der Waals surface area contributed by atoms with E-state index in [1.165, 1.54) is 4.70 Å². The van der Waals surface area contributed by atoms with Gasteiger partial charge in [-0.3, -0.25) is 0 Å². The number of thiazole rings is 1. The highest BCUT2D eigenvalue weighted by Crippen LogP contribution is 2.24. The molecule has 0 spiro atoms. The summed E-state index contributed by atoms with van der Waals surface area (Å²) in [5.41, 5.74) is 1.05. The van der Waals surface area contributed by atoms with Gasteiger partial charge in [0.15, 0.2) is 6.54 Å². The molecule has 1 aromatic heterocycles. The lowest BCUT2D eigenvalue weighted by atomic mass is 10.3. The van der Waals surface area contributed by atoms with Crippen LogP contribution < -0.4 is 9.30 Å². The second-order valence-electron chi connectivity index (χ2n) is 3.30. The highest BCUT2D eigenvalue weighted by Gasteiger charge is 2.17. The summed E-state index contributed by atoms with van der Waals surface area (Å²) in [6, 6.07) is 5.90. The zero-order chi connectivity index (χ0) is 10.8. The zero-order valence-electron chi connectivity index (χ0n) is 8.79. The number of hydrogen-bond donors (Lipinski definition) is 0. The van der Waals surface area contributed by atoms with Crippen molar-refractivity contribution in [1.29, 1.82) is 0 Å². The van der Waals surface area contributed by atoms with Gasteiger partial charge in [0.25, 0.3) is 0 Å². The number of aromatic nitrogens is 1. The summed E-state index contributed by atoms with van der Waals surface area (Å²) in [6.07, 6.45) is 0. The summed E-state index contributed by atoms with van der Waals surface area (Å²) >= 11 is 1.68. The average molecular weight is 226 g/mol. The van der Waals surface area contributed by atoms with Crippen LogP contribution in [0.25, 0.3) is 10.2 Å². The molecule has 0 radical (unpaired) electrons. The number of rotatable bonds is 3. The van der Waals surface area contributed by atoms with Gasteiger partial charge in [-0.05, 0) is 12.1 Å². The summed E-state index contributed by atoms with van der Waals surface area (Å²) in [5, 5.41) is 1.12. The van der Waals surface area contributed by atoms with Crippen LogP contribution in [0, 0.1) is 6.92 Å². The lowest BCUT2D eigenvalue weighted by Crippen LogP contribution is -2.35. The van der Waals surface area contributed by atoms with E-state index >= 15 is 0 Å². The molecule has 0 aliphatic rings. The second-order valence-corrected chi connectivity index (χ2v) is 4.53. The third-order valence-corrected chi connectivity index (χ3v) is 3.48. The Bertz CT molecular complexity index is 481. The number of fused-ring (bicyclic) bond motifs is 1. The number of methoxy groups -OCH3 is 1. The van der Waals surface area contributed by atoms with Crippen LogP contribution in [0.2, 0.25) is 0 Å². The van der Waals surface area contributed by atoms with E-state index in [2.05, 4.69) is 0 Å². The SMILES string of the molecule is COc1ccc2sc(C)[n+](CCF)c2c1. The summed E-state index contributed by atoms with van der Waals surface area (Å²) < 4.78 is 20.7. The molecule has 0 aliphatic heterocycles. The van der Waals surface area contributed by atoms with Crippen LogP contribution in [0.15, 0.2) is 18.2 Å². The molecule has 0 aliphatic carbocycles. The van der Waals surface area contributed by atoms with Crippen LogP contribution in [0.4, 0.5) is 4.39 Å². The highest BCUT2D eigenvalue weighted by molar-refractivity contribution is 7.18. The second kappa shape index (κ2) is 4.14. The van der Waals surface area contributed by atoms with Crippen molar-refractivity contribution in [2.75, 3.05) is 13.8 Å².